The number of amides is 1. The third-order valence-corrected chi connectivity index (χ3v) is 2.86. The summed E-state index contributed by atoms with van der Waals surface area (Å²) < 4.78 is 0. The van der Waals surface area contributed by atoms with Crippen LogP contribution in [-0.4, -0.2) is 26.3 Å². The Bertz CT molecular complexity index is 849. The standard InChI is InChI=1S/C13H11N5O2/c1-7-6-10(16-15-7)14-13(20)11-8-4-2-3-5-9(8)12(19)18-17-11/h2-6H,1H3,(H,18,19)(H2,14,15,16,20). The van der Waals surface area contributed by atoms with Crippen molar-refractivity contribution in [3.05, 3.63) is 52.1 Å². The number of anilines is 1. The number of aromatic nitrogens is 4. The van der Waals surface area contributed by atoms with Crippen LogP contribution < -0.4 is 10.9 Å². The van der Waals surface area contributed by atoms with Gasteiger partial charge in [0, 0.05) is 17.1 Å². The van der Waals surface area contributed by atoms with Crippen LogP contribution in [0.25, 0.3) is 10.8 Å². The van der Waals surface area contributed by atoms with E-state index < -0.39 is 5.91 Å². The molecule has 0 unspecified atom stereocenters. The van der Waals surface area contributed by atoms with Crippen LogP contribution in [0.3, 0.4) is 0 Å². The maximum absolute atomic E-state index is 12.2. The van der Waals surface area contributed by atoms with Crippen LogP contribution in [-0.2, 0) is 0 Å². The number of aromatic amines is 2. The molecule has 0 saturated heterocycles. The van der Waals surface area contributed by atoms with Crippen molar-refractivity contribution in [1.82, 2.24) is 20.4 Å². The van der Waals surface area contributed by atoms with Gasteiger partial charge in [-0.15, -0.1) is 0 Å². The zero-order valence-corrected chi connectivity index (χ0v) is 10.6. The molecule has 3 rings (SSSR count). The fraction of sp³-hybridized carbons (Fsp3) is 0.0769. The number of nitrogens with zero attached hydrogens (tertiary/aromatic N) is 2. The van der Waals surface area contributed by atoms with Gasteiger partial charge in [-0.1, -0.05) is 18.2 Å². The van der Waals surface area contributed by atoms with Crippen LogP contribution in [0.1, 0.15) is 16.2 Å². The minimum atomic E-state index is -0.427. The topological polar surface area (TPSA) is 104 Å². The molecule has 1 amide bonds. The molecule has 0 aliphatic rings. The summed E-state index contributed by atoms with van der Waals surface area (Å²) in [6, 6.07) is 8.51. The number of H-pyrrole nitrogens is 2. The van der Waals surface area contributed by atoms with E-state index in [0.717, 1.165) is 5.69 Å². The van der Waals surface area contributed by atoms with Crippen molar-refractivity contribution in [2.75, 3.05) is 5.32 Å². The van der Waals surface area contributed by atoms with Gasteiger partial charge in [-0.25, -0.2) is 5.10 Å². The molecule has 0 radical (unpaired) electrons. The van der Waals surface area contributed by atoms with E-state index in [0.29, 0.717) is 16.6 Å². The van der Waals surface area contributed by atoms with E-state index >= 15 is 0 Å². The van der Waals surface area contributed by atoms with Gasteiger partial charge < -0.3 is 5.32 Å². The first-order chi connectivity index (χ1) is 9.65. The van der Waals surface area contributed by atoms with Gasteiger partial charge in [-0.2, -0.15) is 10.2 Å². The van der Waals surface area contributed by atoms with E-state index in [1.807, 2.05) is 6.92 Å². The van der Waals surface area contributed by atoms with Crippen LogP contribution in [0.5, 0.6) is 0 Å². The summed E-state index contributed by atoms with van der Waals surface area (Å²) >= 11 is 0. The Morgan fingerprint density at radius 3 is 2.60 bits per heavy atom. The first kappa shape index (κ1) is 12.1. The van der Waals surface area contributed by atoms with E-state index in [9.17, 15) is 9.59 Å². The Balaban J connectivity index is 2.04. The summed E-state index contributed by atoms with van der Waals surface area (Å²) in [7, 11) is 0. The fourth-order valence-corrected chi connectivity index (χ4v) is 1.95. The van der Waals surface area contributed by atoms with Crippen molar-refractivity contribution in [2.24, 2.45) is 0 Å². The lowest BCUT2D eigenvalue weighted by Gasteiger charge is -2.04. The third-order valence-electron chi connectivity index (χ3n) is 2.86. The van der Waals surface area contributed by atoms with E-state index in [2.05, 4.69) is 25.7 Å². The highest BCUT2D eigenvalue weighted by Crippen LogP contribution is 2.14. The molecule has 7 nitrogen and oxygen atoms in total. The molecule has 0 aliphatic carbocycles. The van der Waals surface area contributed by atoms with Crippen molar-refractivity contribution in [3.63, 3.8) is 0 Å². The fourth-order valence-electron chi connectivity index (χ4n) is 1.95. The van der Waals surface area contributed by atoms with Gasteiger partial charge in [0.05, 0.1) is 5.39 Å². The number of nitrogens with one attached hydrogen (secondary N) is 3. The lowest BCUT2D eigenvalue weighted by atomic mass is 10.1. The second-order valence-electron chi connectivity index (χ2n) is 4.34. The smallest absolute Gasteiger partial charge is 0.277 e. The summed E-state index contributed by atoms with van der Waals surface area (Å²) in [6.07, 6.45) is 0. The maximum atomic E-state index is 12.2. The van der Waals surface area contributed by atoms with E-state index in [1.165, 1.54) is 0 Å². The predicted octanol–water partition coefficient (Wildman–Crippen LogP) is 1.21. The molecule has 0 fully saturated rings. The Labute approximate surface area is 113 Å². The van der Waals surface area contributed by atoms with E-state index in [4.69, 9.17) is 0 Å². The van der Waals surface area contributed by atoms with Gasteiger partial charge >= 0.3 is 0 Å². The highest BCUT2D eigenvalue weighted by molar-refractivity contribution is 6.10. The SMILES string of the molecule is Cc1cc(NC(=O)c2n[nH]c(=O)c3ccccc23)n[nH]1. The number of fused-ring (bicyclic) bond motifs is 1. The van der Waals surface area contributed by atoms with Gasteiger partial charge in [-0.3, -0.25) is 14.7 Å². The van der Waals surface area contributed by atoms with Crippen LogP contribution in [0.4, 0.5) is 5.82 Å². The number of hydrogen-bond acceptors (Lipinski definition) is 4. The molecular formula is C13H11N5O2. The van der Waals surface area contributed by atoms with Crippen LogP contribution >= 0.6 is 0 Å². The number of rotatable bonds is 2. The molecule has 3 aromatic rings. The zero-order chi connectivity index (χ0) is 14.1. The van der Waals surface area contributed by atoms with Crippen LogP contribution in [0.15, 0.2) is 35.1 Å². The molecule has 2 aromatic heterocycles. The minimum absolute atomic E-state index is 0.154. The molecule has 0 aliphatic heterocycles. The van der Waals surface area contributed by atoms with Crippen molar-refractivity contribution in [1.29, 1.82) is 0 Å². The van der Waals surface area contributed by atoms with Gasteiger partial charge in [0.1, 0.15) is 0 Å². The molecule has 0 atom stereocenters. The van der Waals surface area contributed by atoms with E-state index in [1.54, 1.807) is 30.3 Å². The Morgan fingerprint density at radius 1 is 1.15 bits per heavy atom. The molecule has 1 aromatic carbocycles. The average Bonchev–Trinajstić information content (AvgIpc) is 2.84. The maximum Gasteiger partial charge on any atom is 0.277 e. The molecule has 3 N–H and O–H groups in total. The predicted molar refractivity (Wildman–Crippen MR) is 73.6 cm³/mol. The average molecular weight is 269 g/mol. The van der Waals surface area contributed by atoms with Crippen LogP contribution in [0.2, 0.25) is 0 Å². The Kier molecular flexibility index (Phi) is 2.79. The number of hydrogen-bond donors (Lipinski definition) is 3. The van der Waals surface area contributed by atoms with E-state index in [-0.39, 0.29) is 11.3 Å². The first-order valence-electron chi connectivity index (χ1n) is 5.96. The molecule has 7 heteroatoms. The quantitative estimate of drug-likeness (QED) is 0.650. The number of carbonyl (C=O) groups excluding carboxylic acids is 1. The second kappa shape index (κ2) is 4.61. The zero-order valence-electron chi connectivity index (χ0n) is 10.6. The van der Waals surface area contributed by atoms with Gasteiger partial charge in [0.15, 0.2) is 11.5 Å². The summed E-state index contributed by atoms with van der Waals surface area (Å²) in [5.41, 5.74) is 0.660. The van der Waals surface area contributed by atoms with Crippen molar-refractivity contribution >= 4 is 22.5 Å². The highest BCUT2D eigenvalue weighted by Gasteiger charge is 2.14. The molecule has 100 valence electrons. The highest BCUT2D eigenvalue weighted by atomic mass is 16.2. The molecule has 2 heterocycles. The largest absolute Gasteiger partial charge is 0.304 e. The van der Waals surface area contributed by atoms with Crippen molar-refractivity contribution in [3.8, 4) is 0 Å². The van der Waals surface area contributed by atoms with Crippen molar-refractivity contribution in [2.45, 2.75) is 6.92 Å². The minimum Gasteiger partial charge on any atom is -0.304 e. The third kappa shape index (κ3) is 2.05. The van der Waals surface area contributed by atoms with Gasteiger partial charge in [-0.05, 0) is 13.0 Å². The molecule has 20 heavy (non-hydrogen) atoms. The van der Waals surface area contributed by atoms with Gasteiger partial charge in [0.25, 0.3) is 11.5 Å². The summed E-state index contributed by atoms with van der Waals surface area (Å²) in [6.45, 7) is 1.83. The Morgan fingerprint density at radius 2 is 1.90 bits per heavy atom. The first-order valence-corrected chi connectivity index (χ1v) is 5.96. The summed E-state index contributed by atoms with van der Waals surface area (Å²) in [5.74, 6) is -0.0199. The van der Waals surface area contributed by atoms with Crippen molar-refractivity contribution < 1.29 is 4.79 Å². The lowest BCUT2D eigenvalue weighted by Crippen LogP contribution is -2.19. The number of carbonyl (C=O) groups is 1. The molecule has 0 saturated carbocycles. The van der Waals surface area contributed by atoms with Gasteiger partial charge in [0.2, 0.25) is 0 Å². The Hall–Kier alpha value is -2.96. The molecule has 0 spiro atoms. The lowest BCUT2D eigenvalue weighted by molar-refractivity contribution is 0.102. The summed E-state index contributed by atoms with van der Waals surface area (Å²) in [4.78, 5) is 23.8. The van der Waals surface area contributed by atoms with Crippen LogP contribution in [0, 0.1) is 6.92 Å². The second-order valence-corrected chi connectivity index (χ2v) is 4.34. The number of benzene rings is 1. The monoisotopic (exact) mass is 269 g/mol. The normalized spacial score (nSPS) is 10.7. The molecular weight excluding hydrogens is 258 g/mol. The number of aryl methyl sites for hydroxylation is 1. The summed E-state index contributed by atoms with van der Waals surface area (Å²) in [5, 5.41) is 16.3. The molecule has 0 bridgehead atoms.